The molecule has 3 atom stereocenters. The van der Waals surface area contributed by atoms with E-state index in [0.717, 1.165) is 25.0 Å². The Labute approximate surface area is 129 Å². The van der Waals surface area contributed by atoms with Gasteiger partial charge in [-0.15, -0.1) is 0 Å². The van der Waals surface area contributed by atoms with E-state index in [4.69, 9.17) is 14.9 Å². The van der Waals surface area contributed by atoms with E-state index in [1.165, 1.54) is 6.92 Å². The first-order valence-corrected chi connectivity index (χ1v) is 8.85. The van der Waals surface area contributed by atoms with Gasteiger partial charge in [0.05, 0.1) is 6.10 Å². The Hall–Kier alpha value is -0.150. The second-order valence-corrected chi connectivity index (χ2v) is 6.37. The van der Waals surface area contributed by atoms with Gasteiger partial charge in [0.1, 0.15) is 12.3 Å². The van der Waals surface area contributed by atoms with Crippen LogP contribution in [0.4, 0.5) is 0 Å². The van der Waals surface area contributed by atoms with Crippen LogP contribution >= 0.6 is 20.5 Å². The van der Waals surface area contributed by atoms with Crippen LogP contribution in [0.3, 0.4) is 0 Å². The van der Waals surface area contributed by atoms with Crippen molar-refractivity contribution in [2.75, 3.05) is 5.75 Å². The number of rotatable bonds is 12. The van der Waals surface area contributed by atoms with Crippen molar-refractivity contribution in [1.29, 1.82) is 0 Å². The van der Waals surface area contributed by atoms with E-state index in [1.807, 2.05) is 0 Å². The van der Waals surface area contributed by atoms with Gasteiger partial charge in [0.2, 0.25) is 0 Å². The Morgan fingerprint density at radius 2 is 1.86 bits per heavy atom. The fourth-order valence-electron chi connectivity index (χ4n) is 1.78. The number of hydrogen-bond donors (Lipinski definition) is 6. The van der Waals surface area contributed by atoms with E-state index in [1.54, 1.807) is 0 Å². The van der Waals surface area contributed by atoms with E-state index < -0.39 is 32.2 Å². The zero-order chi connectivity index (χ0) is 16.5. The highest BCUT2D eigenvalue weighted by Crippen LogP contribution is 2.38. The van der Waals surface area contributed by atoms with Gasteiger partial charge in [0.15, 0.2) is 0 Å². The average molecular weight is 345 g/mol. The molecule has 5 N–H and O–H groups in total. The second-order valence-electron chi connectivity index (χ2n) is 4.73. The molecule has 0 rings (SSSR count). The minimum absolute atomic E-state index is 0.346. The maximum absolute atomic E-state index is 11.1. The van der Waals surface area contributed by atoms with E-state index in [2.05, 4.69) is 22.5 Å². The highest BCUT2D eigenvalue weighted by molar-refractivity contribution is 7.80. The van der Waals surface area contributed by atoms with Crippen molar-refractivity contribution in [3.8, 4) is 0 Å². The van der Waals surface area contributed by atoms with Gasteiger partial charge in [0.25, 0.3) is 0 Å². The largest absolute Gasteiger partial charge is 0.480 e. The lowest BCUT2D eigenvalue weighted by Gasteiger charge is -2.24. The molecule has 0 aromatic carbocycles. The smallest absolute Gasteiger partial charge is 0.469 e. The quantitative estimate of drug-likeness (QED) is 0.132. The summed E-state index contributed by atoms with van der Waals surface area (Å²) in [6.45, 7) is 1.21. The number of carboxylic acid groups (broad SMARTS) is 1. The molecule has 126 valence electrons. The van der Waals surface area contributed by atoms with Crippen molar-refractivity contribution in [2.45, 2.75) is 57.4 Å². The van der Waals surface area contributed by atoms with Crippen molar-refractivity contribution < 1.29 is 33.9 Å². The summed E-state index contributed by atoms with van der Waals surface area (Å²) < 4.78 is 15.0. The maximum atomic E-state index is 11.1. The van der Waals surface area contributed by atoms with Crippen LogP contribution in [0.1, 0.15) is 39.0 Å². The fourth-order valence-corrected chi connectivity index (χ4v) is 2.56. The fraction of sp³-hybridized carbons (Fsp3) is 0.909. The number of phosphoric ester groups is 1. The summed E-state index contributed by atoms with van der Waals surface area (Å²) >= 11 is 4.08. The molecule has 0 saturated carbocycles. The van der Waals surface area contributed by atoms with E-state index in [9.17, 15) is 14.5 Å². The molecule has 21 heavy (non-hydrogen) atoms. The molecule has 10 heteroatoms. The summed E-state index contributed by atoms with van der Waals surface area (Å²) in [6, 6.07) is -1.41. The molecule has 0 bridgehead atoms. The van der Waals surface area contributed by atoms with Crippen LogP contribution in [0.25, 0.3) is 0 Å². The Morgan fingerprint density at radius 3 is 2.33 bits per heavy atom. The Kier molecular flexibility index (Phi) is 10.5. The van der Waals surface area contributed by atoms with Gasteiger partial charge in [-0.2, -0.15) is 12.6 Å². The summed E-state index contributed by atoms with van der Waals surface area (Å²) in [5.74, 6) is -0.552. The van der Waals surface area contributed by atoms with Crippen LogP contribution < -0.4 is 5.32 Å². The predicted octanol–water partition coefficient (Wildman–Crippen LogP) is 0.726. The van der Waals surface area contributed by atoms with E-state index in [-0.39, 0.29) is 0 Å². The third-order valence-corrected chi connectivity index (χ3v) is 3.72. The van der Waals surface area contributed by atoms with Gasteiger partial charge < -0.3 is 20.0 Å². The number of phosphoric acid groups is 1. The van der Waals surface area contributed by atoms with Crippen molar-refractivity contribution in [2.24, 2.45) is 0 Å². The molecular formula is C11H24NO7PS. The minimum atomic E-state index is -4.78. The van der Waals surface area contributed by atoms with Crippen LogP contribution in [0.15, 0.2) is 0 Å². The van der Waals surface area contributed by atoms with E-state index >= 15 is 0 Å². The summed E-state index contributed by atoms with van der Waals surface area (Å²) in [7, 11) is -4.78. The number of thiol groups is 1. The number of aliphatic hydroxyl groups excluding tert-OH is 1. The topological polar surface area (TPSA) is 136 Å². The number of nitrogens with one attached hydrogen (secondary N) is 1. The highest BCUT2D eigenvalue weighted by Gasteiger charge is 2.32. The number of aliphatic hydroxyl groups is 1. The molecule has 0 fully saturated rings. The van der Waals surface area contributed by atoms with E-state index in [0.29, 0.717) is 12.8 Å². The lowest BCUT2D eigenvalue weighted by Crippen LogP contribution is -2.50. The Bertz CT molecular complexity index is 351. The lowest BCUT2D eigenvalue weighted by molar-refractivity contribution is -0.143. The molecule has 0 saturated heterocycles. The standard InChI is InChI=1S/C11H24NO7PS/c1-8(19-20(16,17)18)10(11(14)15)12-9(13)6-4-2-3-5-7-21/h8-10,12-13,21H,2-7H2,1H3,(H,14,15)(H2,16,17,18). The van der Waals surface area contributed by atoms with Crippen LogP contribution in [-0.4, -0.2) is 50.1 Å². The van der Waals surface area contributed by atoms with Crippen molar-refractivity contribution in [3.63, 3.8) is 0 Å². The predicted molar refractivity (Wildman–Crippen MR) is 80.1 cm³/mol. The Balaban J connectivity index is 4.24. The number of carboxylic acids is 1. The second kappa shape index (κ2) is 10.6. The summed E-state index contributed by atoms with van der Waals surface area (Å²) in [5, 5.41) is 21.2. The normalized spacial score (nSPS) is 16.4. The monoisotopic (exact) mass is 345 g/mol. The minimum Gasteiger partial charge on any atom is -0.480 e. The number of carbonyl (C=O) groups is 1. The molecule has 0 radical (unpaired) electrons. The first-order valence-electron chi connectivity index (χ1n) is 6.69. The van der Waals surface area contributed by atoms with Crippen LogP contribution in [0.2, 0.25) is 0 Å². The molecule has 0 spiro atoms. The molecule has 0 heterocycles. The molecule has 8 nitrogen and oxygen atoms in total. The van der Waals surface area contributed by atoms with Gasteiger partial charge in [-0.1, -0.05) is 12.8 Å². The maximum Gasteiger partial charge on any atom is 0.469 e. The summed E-state index contributed by atoms with van der Waals surface area (Å²) in [4.78, 5) is 28.4. The molecule has 0 aromatic heterocycles. The number of aliphatic carboxylic acids is 1. The number of hydrogen-bond acceptors (Lipinski definition) is 6. The summed E-state index contributed by atoms with van der Waals surface area (Å²) in [6.07, 6.45) is 1.55. The number of unbranched alkanes of at least 4 members (excludes halogenated alkanes) is 3. The molecule has 3 unspecified atom stereocenters. The molecule has 0 aliphatic heterocycles. The first-order chi connectivity index (χ1) is 9.67. The third kappa shape index (κ3) is 11.1. The molecule has 0 aliphatic carbocycles. The van der Waals surface area contributed by atoms with Gasteiger partial charge in [-0.3, -0.25) is 14.6 Å². The zero-order valence-corrected chi connectivity index (χ0v) is 13.7. The van der Waals surface area contributed by atoms with Crippen LogP contribution in [0, 0.1) is 0 Å². The highest BCUT2D eigenvalue weighted by atomic mass is 32.1. The summed E-state index contributed by atoms with van der Waals surface area (Å²) in [5.41, 5.74) is 0. The Morgan fingerprint density at radius 1 is 1.29 bits per heavy atom. The van der Waals surface area contributed by atoms with Gasteiger partial charge in [-0.25, -0.2) is 4.57 Å². The zero-order valence-electron chi connectivity index (χ0n) is 11.9. The van der Waals surface area contributed by atoms with Crippen molar-refractivity contribution >= 4 is 26.4 Å². The SMILES string of the molecule is CC(OP(=O)(O)O)C(NC(O)CCCCCCS)C(=O)O. The third-order valence-electron chi connectivity index (χ3n) is 2.80. The van der Waals surface area contributed by atoms with Crippen LogP contribution in [0.5, 0.6) is 0 Å². The molecule has 0 aliphatic rings. The van der Waals surface area contributed by atoms with Gasteiger partial charge >= 0.3 is 13.8 Å². The average Bonchev–Trinajstić information content (AvgIpc) is 2.33. The first kappa shape index (κ1) is 20.9. The van der Waals surface area contributed by atoms with Gasteiger partial charge in [0, 0.05) is 0 Å². The van der Waals surface area contributed by atoms with Crippen molar-refractivity contribution in [1.82, 2.24) is 5.32 Å². The lowest BCUT2D eigenvalue weighted by atomic mass is 10.1. The van der Waals surface area contributed by atoms with Crippen LogP contribution in [-0.2, 0) is 13.9 Å². The molecule has 0 amide bonds. The molecule has 0 aromatic rings. The molecular weight excluding hydrogens is 321 g/mol. The van der Waals surface area contributed by atoms with Gasteiger partial charge in [-0.05, 0) is 31.9 Å². The van der Waals surface area contributed by atoms with Crippen molar-refractivity contribution in [3.05, 3.63) is 0 Å².